The first-order valence-corrected chi connectivity index (χ1v) is 9.33. The van der Waals surface area contributed by atoms with Crippen molar-refractivity contribution in [2.75, 3.05) is 30.3 Å². The van der Waals surface area contributed by atoms with Crippen LogP contribution in [0.25, 0.3) is 0 Å². The Labute approximate surface area is 168 Å². The third-order valence-electron chi connectivity index (χ3n) is 4.89. The molecule has 2 aromatic rings. The highest BCUT2D eigenvalue weighted by molar-refractivity contribution is 5.99. The van der Waals surface area contributed by atoms with Gasteiger partial charge in [0.05, 0.1) is 5.69 Å². The lowest BCUT2D eigenvalue weighted by atomic mass is 10.1. The fourth-order valence-corrected chi connectivity index (χ4v) is 3.33. The van der Waals surface area contributed by atoms with Crippen LogP contribution in [0.5, 0.6) is 0 Å². The predicted octanol–water partition coefficient (Wildman–Crippen LogP) is 3.36. The molecule has 1 aliphatic rings. The number of aromatic nitrogens is 1. The Morgan fingerprint density at radius 2 is 2.07 bits per heavy atom. The molecular formula is C20H24FN5O3. The number of anilines is 2. The first-order chi connectivity index (χ1) is 13.8. The molecule has 29 heavy (non-hydrogen) atoms. The van der Waals surface area contributed by atoms with Gasteiger partial charge in [0.25, 0.3) is 0 Å². The van der Waals surface area contributed by atoms with E-state index in [0.29, 0.717) is 37.4 Å². The van der Waals surface area contributed by atoms with Crippen molar-refractivity contribution in [1.29, 1.82) is 0 Å². The van der Waals surface area contributed by atoms with Crippen LogP contribution in [0.15, 0.2) is 36.5 Å². The van der Waals surface area contributed by atoms with Gasteiger partial charge in [0, 0.05) is 55.4 Å². The van der Waals surface area contributed by atoms with Crippen LogP contribution in [-0.4, -0.2) is 57.7 Å². The molecule has 1 aromatic heterocycles. The molecule has 0 saturated carbocycles. The summed E-state index contributed by atoms with van der Waals surface area (Å²) in [4.78, 5) is 30.8. The van der Waals surface area contributed by atoms with Crippen molar-refractivity contribution in [3.8, 4) is 0 Å². The molecule has 0 radical (unpaired) electrons. The van der Waals surface area contributed by atoms with Crippen LogP contribution < -0.4 is 10.6 Å². The van der Waals surface area contributed by atoms with E-state index >= 15 is 0 Å². The fraction of sp³-hybridized carbons (Fsp3) is 0.350. The topological polar surface area (TPSA) is 97.8 Å². The summed E-state index contributed by atoms with van der Waals surface area (Å²) in [7, 11) is 0. The highest BCUT2D eigenvalue weighted by Crippen LogP contribution is 2.22. The van der Waals surface area contributed by atoms with Crippen molar-refractivity contribution in [2.45, 2.75) is 26.4 Å². The fourth-order valence-electron chi connectivity index (χ4n) is 3.33. The average Bonchev–Trinajstić information content (AvgIpc) is 2.66. The zero-order valence-corrected chi connectivity index (χ0v) is 16.4. The first kappa shape index (κ1) is 20.5. The number of piperazine rings is 1. The van der Waals surface area contributed by atoms with E-state index in [0.717, 1.165) is 5.69 Å². The maximum atomic E-state index is 14.9. The molecule has 1 saturated heterocycles. The van der Waals surface area contributed by atoms with Gasteiger partial charge in [0.2, 0.25) is 0 Å². The molecule has 1 atom stereocenters. The van der Waals surface area contributed by atoms with E-state index in [9.17, 15) is 14.0 Å². The van der Waals surface area contributed by atoms with Crippen molar-refractivity contribution in [1.82, 2.24) is 14.8 Å². The maximum Gasteiger partial charge on any atom is 0.407 e. The third-order valence-corrected chi connectivity index (χ3v) is 4.89. The number of nitrogens with one attached hydrogen (secondary N) is 2. The lowest BCUT2D eigenvalue weighted by Crippen LogP contribution is -2.52. The van der Waals surface area contributed by atoms with Gasteiger partial charge in [0.15, 0.2) is 5.82 Å². The molecule has 3 amide bonds. The molecule has 154 valence electrons. The molecule has 0 bridgehead atoms. The minimum Gasteiger partial charge on any atom is -0.465 e. The Morgan fingerprint density at radius 1 is 1.28 bits per heavy atom. The Kier molecular flexibility index (Phi) is 6.28. The third kappa shape index (κ3) is 5.20. The number of carbonyl (C=O) groups excluding carboxylic acids is 1. The van der Waals surface area contributed by atoms with Crippen molar-refractivity contribution in [2.24, 2.45) is 0 Å². The van der Waals surface area contributed by atoms with Crippen LogP contribution in [0.2, 0.25) is 0 Å². The molecule has 0 unspecified atom stereocenters. The summed E-state index contributed by atoms with van der Waals surface area (Å²) in [6.45, 7) is 5.34. The molecule has 1 aliphatic heterocycles. The Balaban J connectivity index is 1.65. The van der Waals surface area contributed by atoms with E-state index in [1.165, 1.54) is 11.0 Å². The standard InChI is InChI=1S/C20H24FN5O3/c1-13-10-16(6-7-22-13)23-19(27)24-17-5-3-4-15(18(17)21)12-25-8-9-26(20(28)29)11-14(25)2/h3-7,10,14H,8-9,11-12H2,1-2H3,(H,28,29)(H2,22,23,24,27)/t14-/m0/s1. The van der Waals surface area contributed by atoms with Gasteiger partial charge in [-0.25, -0.2) is 14.0 Å². The van der Waals surface area contributed by atoms with Gasteiger partial charge in [-0.05, 0) is 32.0 Å². The number of pyridine rings is 1. The maximum absolute atomic E-state index is 14.9. The zero-order valence-electron chi connectivity index (χ0n) is 16.4. The number of amides is 3. The van der Waals surface area contributed by atoms with E-state index in [1.807, 2.05) is 18.7 Å². The van der Waals surface area contributed by atoms with Crippen LogP contribution in [0.3, 0.4) is 0 Å². The number of carboxylic acid groups (broad SMARTS) is 1. The van der Waals surface area contributed by atoms with Gasteiger partial charge in [0.1, 0.15) is 0 Å². The molecule has 3 N–H and O–H groups in total. The van der Waals surface area contributed by atoms with Crippen LogP contribution in [0.1, 0.15) is 18.2 Å². The lowest BCUT2D eigenvalue weighted by Gasteiger charge is -2.38. The number of benzene rings is 1. The molecule has 0 aliphatic carbocycles. The molecule has 9 heteroatoms. The summed E-state index contributed by atoms with van der Waals surface area (Å²) in [6.07, 6.45) is 0.640. The molecule has 8 nitrogen and oxygen atoms in total. The van der Waals surface area contributed by atoms with Gasteiger partial charge in [-0.1, -0.05) is 12.1 Å². The number of urea groups is 1. The average molecular weight is 401 g/mol. The molecule has 1 fully saturated rings. The van der Waals surface area contributed by atoms with Gasteiger partial charge in [-0.15, -0.1) is 0 Å². The van der Waals surface area contributed by atoms with E-state index in [1.54, 1.807) is 30.5 Å². The Morgan fingerprint density at radius 3 is 2.76 bits per heavy atom. The van der Waals surface area contributed by atoms with Crippen LogP contribution >= 0.6 is 0 Å². The normalized spacial score (nSPS) is 17.1. The Hall–Kier alpha value is -3.20. The lowest BCUT2D eigenvalue weighted by molar-refractivity contribution is 0.0706. The van der Waals surface area contributed by atoms with Gasteiger partial charge in [-0.3, -0.25) is 9.88 Å². The molecule has 2 heterocycles. The molecule has 3 rings (SSSR count). The number of aryl methyl sites for hydroxylation is 1. The monoisotopic (exact) mass is 401 g/mol. The van der Waals surface area contributed by atoms with E-state index < -0.39 is 17.9 Å². The second-order valence-corrected chi connectivity index (χ2v) is 7.09. The van der Waals surface area contributed by atoms with Crippen LogP contribution in [0.4, 0.5) is 25.4 Å². The SMILES string of the molecule is Cc1cc(NC(=O)Nc2cccc(CN3CCN(C(=O)O)C[C@@H]3C)c2F)ccn1. The summed E-state index contributed by atoms with van der Waals surface area (Å²) in [5.74, 6) is -0.499. The summed E-state index contributed by atoms with van der Waals surface area (Å²) in [5.41, 5.74) is 1.85. The number of nitrogens with zero attached hydrogens (tertiary/aromatic N) is 3. The smallest absolute Gasteiger partial charge is 0.407 e. The van der Waals surface area contributed by atoms with Crippen molar-refractivity contribution < 1.29 is 19.1 Å². The second kappa shape index (κ2) is 8.87. The number of hydrogen-bond donors (Lipinski definition) is 3. The minimum atomic E-state index is -0.940. The second-order valence-electron chi connectivity index (χ2n) is 7.09. The van der Waals surface area contributed by atoms with Crippen molar-refractivity contribution in [3.63, 3.8) is 0 Å². The van der Waals surface area contributed by atoms with E-state index in [2.05, 4.69) is 15.6 Å². The quantitative estimate of drug-likeness (QED) is 0.730. The molecule has 0 spiro atoms. The number of rotatable bonds is 4. The summed E-state index contributed by atoms with van der Waals surface area (Å²) in [6, 6.07) is 7.64. The van der Waals surface area contributed by atoms with Gasteiger partial charge in [-0.2, -0.15) is 0 Å². The summed E-state index contributed by atoms with van der Waals surface area (Å²) < 4.78 is 14.9. The molecular weight excluding hydrogens is 377 g/mol. The van der Waals surface area contributed by atoms with Crippen molar-refractivity contribution >= 4 is 23.5 Å². The van der Waals surface area contributed by atoms with E-state index in [4.69, 9.17) is 5.11 Å². The highest BCUT2D eigenvalue weighted by atomic mass is 19.1. The van der Waals surface area contributed by atoms with Crippen LogP contribution in [-0.2, 0) is 6.54 Å². The van der Waals surface area contributed by atoms with Gasteiger partial charge >= 0.3 is 12.1 Å². The van der Waals surface area contributed by atoms with Crippen molar-refractivity contribution in [3.05, 3.63) is 53.6 Å². The van der Waals surface area contributed by atoms with Gasteiger partial charge < -0.3 is 20.6 Å². The minimum absolute atomic E-state index is 0.0332. The molecule has 1 aromatic carbocycles. The highest BCUT2D eigenvalue weighted by Gasteiger charge is 2.27. The summed E-state index contributed by atoms with van der Waals surface area (Å²) in [5, 5.41) is 14.3. The number of hydrogen-bond acceptors (Lipinski definition) is 4. The number of halogens is 1. The predicted molar refractivity (Wildman–Crippen MR) is 107 cm³/mol. The Bertz CT molecular complexity index is 907. The number of carbonyl (C=O) groups is 2. The van der Waals surface area contributed by atoms with Crippen LogP contribution in [0, 0.1) is 12.7 Å². The first-order valence-electron chi connectivity index (χ1n) is 9.33. The zero-order chi connectivity index (χ0) is 21.0. The largest absolute Gasteiger partial charge is 0.465 e. The summed E-state index contributed by atoms with van der Waals surface area (Å²) >= 11 is 0. The van der Waals surface area contributed by atoms with E-state index in [-0.39, 0.29) is 11.7 Å².